The lowest BCUT2D eigenvalue weighted by atomic mass is 10.1. The van der Waals surface area contributed by atoms with Gasteiger partial charge in [-0.25, -0.2) is 13.5 Å². The number of anilines is 2. The first-order valence-corrected chi connectivity index (χ1v) is 12.2. The number of carbonyl (C=O) groups is 1. The summed E-state index contributed by atoms with van der Waals surface area (Å²) in [5.74, 6) is -1.24. The molecule has 0 bridgehead atoms. The molecular formula is C23H25N5O4S. The van der Waals surface area contributed by atoms with E-state index in [1.165, 1.54) is 10.4 Å². The van der Waals surface area contributed by atoms with E-state index in [1.54, 1.807) is 30.3 Å². The summed E-state index contributed by atoms with van der Waals surface area (Å²) in [6, 6.07) is 17.9. The number of H-pyrrole nitrogens is 1. The molecule has 1 saturated heterocycles. The van der Waals surface area contributed by atoms with Crippen molar-refractivity contribution in [3.63, 3.8) is 0 Å². The Hall–Kier alpha value is -3.50. The number of rotatable bonds is 6. The second kappa shape index (κ2) is 9.55. The Morgan fingerprint density at radius 2 is 1.79 bits per heavy atom. The van der Waals surface area contributed by atoms with Gasteiger partial charge < -0.3 is 10.2 Å². The van der Waals surface area contributed by atoms with Crippen LogP contribution in [0.15, 0.2) is 65.5 Å². The average Bonchev–Trinajstić information content (AvgIpc) is 2.79. The molecule has 0 aliphatic carbocycles. The molecular weight excluding hydrogens is 442 g/mol. The first kappa shape index (κ1) is 22.7. The monoisotopic (exact) mass is 467 g/mol. The van der Waals surface area contributed by atoms with Crippen molar-refractivity contribution in [2.45, 2.75) is 6.92 Å². The van der Waals surface area contributed by atoms with E-state index < -0.39 is 21.7 Å². The Bertz CT molecular complexity index is 1290. The topological polar surface area (TPSA) is 115 Å². The maximum atomic E-state index is 12.8. The van der Waals surface area contributed by atoms with Gasteiger partial charge in [-0.2, -0.15) is 9.40 Å². The van der Waals surface area contributed by atoms with Crippen LogP contribution in [0.25, 0.3) is 11.3 Å². The van der Waals surface area contributed by atoms with Gasteiger partial charge in [-0.05, 0) is 42.8 Å². The Labute approximate surface area is 192 Å². The number of amides is 1. The molecule has 33 heavy (non-hydrogen) atoms. The van der Waals surface area contributed by atoms with E-state index in [1.807, 2.05) is 25.1 Å². The molecule has 1 fully saturated rings. The lowest BCUT2D eigenvalue weighted by molar-refractivity contribution is -0.113. The van der Waals surface area contributed by atoms with E-state index in [-0.39, 0.29) is 5.56 Å². The number of sulfonamides is 1. The van der Waals surface area contributed by atoms with E-state index in [2.05, 4.69) is 26.5 Å². The summed E-state index contributed by atoms with van der Waals surface area (Å²) < 4.78 is 27.0. The molecule has 4 rings (SSSR count). The van der Waals surface area contributed by atoms with Crippen molar-refractivity contribution >= 4 is 27.3 Å². The van der Waals surface area contributed by atoms with E-state index in [9.17, 15) is 18.0 Å². The molecule has 1 aromatic heterocycles. The van der Waals surface area contributed by atoms with Gasteiger partial charge in [0.1, 0.15) is 5.75 Å². The van der Waals surface area contributed by atoms with Crippen molar-refractivity contribution in [2.24, 2.45) is 0 Å². The van der Waals surface area contributed by atoms with E-state index in [4.69, 9.17) is 0 Å². The fourth-order valence-electron chi connectivity index (χ4n) is 3.76. The molecule has 0 spiro atoms. The number of hydrogen-bond acceptors (Lipinski definition) is 6. The number of carbonyl (C=O) groups excluding carboxylic acids is 1. The first-order chi connectivity index (χ1) is 15.8. The summed E-state index contributed by atoms with van der Waals surface area (Å²) >= 11 is 0. The zero-order valence-electron chi connectivity index (χ0n) is 18.2. The summed E-state index contributed by atoms with van der Waals surface area (Å²) in [4.78, 5) is 25.8. The molecule has 172 valence electrons. The van der Waals surface area contributed by atoms with Crippen molar-refractivity contribution in [3.05, 3.63) is 76.6 Å². The number of nitrogens with zero attached hydrogens (tertiary/aromatic N) is 3. The van der Waals surface area contributed by atoms with Crippen molar-refractivity contribution in [2.75, 3.05) is 42.1 Å². The Balaban J connectivity index is 1.36. The van der Waals surface area contributed by atoms with Crippen molar-refractivity contribution < 1.29 is 13.2 Å². The molecule has 1 amide bonds. The third-order valence-corrected chi connectivity index (χ3v) is 7.21. The van der Waals surface area contributed by atoms with E-state index >= 15 is 0 Å². The van der Waals surface area contributed by atoms with Gasteiger partial charge in [0.05, 0.1) is 5.69 Å². The highest BCUT2D eigenvalue weighted by Crippen LogP contribution is 2.21. The van der Waals surface area contributed by atoms with Crippen LogP contribution in [0.5, 0.6) is 0 Å². The molecule has 3 aromatic rings. The molecule has 2 aromatic carbocycles. The number of hydrogen-bond donors (Lipinski definition) is 2. The minimum Gasteiger partial charge on any atom is -0.369 e. The molecule has 9 nitrogen and oxygen atoms in total. The summed E-state index contributed by atoms with van der Waals surface area (Å²) in [7, 11) is -3.74. The molecule has 0 radical (unpaired) electrons. The van der Waals surface area contributed by atoms with Gasteiger partial charge in [0.25, 0.3) is 5.56 Å². The predicted molar refractivity (Wildman–Crippen MR) is 128 cm³/mol. The number of aromatic nitrogens is 2. The summed E-state index contributed by atoms with van der Waals surface area (Å²) in [5, 5.41) is 8.97. The van der Waals surface area contributed by atoms with Gasteiger partial charge in [0.15, 0.2) is 0 Å². The first-order valence-electron chi connectivity index (χ1n) is 10.6. The number of aromatic amines is 1. The van der Waals surface area contributed by atoms with Crippen LogP contribution in [0.2, 0.25) is 0 Å². The molecule has 1 aliphatic rings. The summed E-state index contributed by atoms with van der Waals surface area (Å²) in [6.45, 7) is 3.82. The van der Waals surface area contributed by atoms with Crippen LogP contribution in [0.1, 0.15) is 5.56 Å². The van der Waals surface area contributed by atoms with E-state index in [0.717, 1.165) is 11.3 Å². The van der Waals surface area contributed by atoms with Crippen molar-refractivity contribution in [1.29, 1.82) is 0 Å². The maximum absolute atomic E-state index is 12.8. The SMILES string of the molecule is Cc1cccc(N2CCN(S(=O)(=O)CC(=O)Nc3cccc(-c4ccc(=O)[nH]n4)c3)CC2)c1. The Kier molecular flexibility index (Phi) is 6.57. The quantitative estimate of drug-likeness (QED) is 0.572. The molecule has 2 N–H and O–H groups in total. The van der Waals surface area contributed by atoms with Crippen LogP contribution >= 0.6 is 0 Å². The summed E-state index contributed by atoms with van der Waals surface area (Å²) in [6.07, 6.45) is 0. The molecule has 2 heterocycles. The number of benzene rings is 2. The molecule has 0 saturated carbocycles. The molecule has 0 unspecified atom stereocenters. The lowest BCUT2D eigenvalue weighted by Gasteiger charge is -2.35. The smallest absolute Gasteiger partial charge is 0.264 e. The van der Waals surface area contributed by atoms with Crippen LogP contribution in [-0.4, -0.2) is 60.8 Å². The van der Waals surface area contributed by atoms with Gasteiger partial charge >= 0.3 is 0 Å². The average molecular weight is 468 g/mol. The normalized spacial score (nSPS) is 14.8. The van der Waals surface area contributed by atoms with Gasteiger partial charge in [-0.3, -0.25) is 9.59 Å². The van der Waals surface area contributed by atoms with Gasteiger partial charge in [0.2, 0.25) is 15.9 Å². The number of piperazine rings is 1. The van der Waals surface area contributed by atoms with Crippen LogP contribution in [-0.2, 0) is 14.8 Å². The fraction of sp³-hybridized carbons (Fsp3) is 0.261. The van der Waals surface area contributed by atoms with Gasteiger partial charge in [-0.1, -0.05) is 24.3 Å². The highest BCUT2D eigenvalue weighted by molar-refractivity contribution is 7.89. The highest BCUT2D eigenvalue weighted by Gasteiger charge is 2.29. The van der Waals surface area contributed by atoms with Crippen LogP contribution in [0.3, 0.4) is 0 Å². The van der Waals surface area contributed by atoms with Crippen molar-refractivity contribution in [3.8, 4) is 11.3 Å². The van der Waals surface area contributed by atoms with Gasteiger partial charge in [-0.15, -0.1) is 0 Å². The Morgan fingerprint density at radius 1 is 1.03 bits per heavy atom. The third-order valence-electron chi connectivity index (χ3n) is 5.43. The van der Waals surface area contributed by atoms with Crippen LogP contribution in [0, 0.1) is 6.92 Å². The minimum atomic E-state index is -3.74. The van der Waals surface area contributed by atoms with Crippen molar-refractivity contribution in [1.82, 2.24) is 14.5 Å². The lowest BCUT2D eigenvalue weighted by Crippen LogP contribution is -2.50. The standard InChI is InChI=1S/C23H25N5O4S/c1-17-4-2-7-20(14-17)27-10-12-28(13-11-27)33(31,32)16-23(30)24-19-6-3-5-18(15-19)21-8-9-22(29)26-25-21/h2-9,14-15H,10-13,16H2,1H3,(H,24,30)(H,26,29). The number of aryl methyl sites for hydroxylation is 1. The maximum Gasteiger partial charge on any atom is 0.264 e. The third kappa shape index (κ3) is 5.65. The fourth-order valence-corrected chi connectivity index (χ4v) is 5.07. The highest BCUT2D eigenvalue weighted by atomic mass is 32.2. The predicted octanol–water partition coefficient (Wildman–Crippen LogP) is 1.84. The van der Waals surface area contributed by atoms with E-state index in [0.29, 0.717) is 43.1 Å². The van der Waals surface area contributed by atoms with Gasteiger partial charge in [0, 0.05) is 49.2 Å². The second-order valence-corrected chi connectivity index (χ2v) is 9.89. The second-order valence-electron chi connectivity index (χ2n) is 7.92. The molecule has 1 aliphatic heterocycles. The largest absolute Gasteiger partial charge is 0.369 e. The van der Waals surface area contributed by atoms with Crippen LogP contribution < -0.4 is 15.8 Å². The zero-order chi connectivity index (χ0) is 23.4. The zero-order valence-corrected chi connectivity index (χ0v) is 19.0. The van der Waals surface area contributed by atoms with Crippen LogP contribution in [0.4, 0.5) is 11.4 Å². The minimum absolute atomic E-state index is 0.312. The Morgan fingerprint density at radius 3 is 2.48 bits per heavy atom. The molecule has 0 atom stereocenters. The summed E-state index contributed by atoms with van der Waals surface area (Å²) in [5.41, 5.74) is 3.57. The molecule has 10 heteroatoms. The number of nitrogens with one attached hydrogen (secondary N) is 2.